The number of fused-ring (bicyclic) bond motifs is 3. The fourth-order valence-electron chi connectivity index (χ4n) is 9.84. The van der Waals surface area contributed by atoms with Gasteiger partial charge in [0.1, 0.15) is 0 Å². The smallest absolute Gasteiger partial charge is 0.0612 e. The number of rotatable bonds is 11. The van der Waals surface area contributed by atoms with Gasteiger partial charge in [-0.05, 0) is 105 Å². The lowest BCUT2D eigenvalue weighted by atomic mass is 9.50. The van der Waals surface area contributed by atoms with Gasteiger partial charge in [0, 0.05) is 12.0 Å². The van der Waals surface area contributed by atoms with E-state index < -0.39 is 15.8 Å². The largest absolute Gasteiger partial charge is 0.378 e. The first-order chi connectivity index (χ1) is 23.6. The van der Waals surface area contributed by atoms with Crippen LogP contribution < -0.4 is 21.2 Å². The average Bonchev–Trinajstić information content (AvgIpc) is 3.13. The number of allylic oxidation sites excluding steroid dienone is 1. The Morgan fingerprint density at radius 1 is 0.708 bits per heavy atom. The third-order valence-electron chi connectivity index (χ3n) is 12.3. The lowest BCUT2D eigenvalue weighted by Gasteiger charge is -2.55. The van der Waals surface area contributed by atoms with E-state index in [1.54, 1.807) is 5.57 Å². The van der Waals surface area contributed by atoms with Crippen molar-refractivity contribution in [1.29, 1.82) is 0 Å². The molecule has 0 radical (unpaired) electrons. The second-order valence-electron chi connectivity index (χ2n) is 14.9. The molecule has 0 aliphatic heterocycles. The van der Waals surface area contributed by atoms with Crippen molar-refractivity contribution in [3.63, 3.8) is 0 Å². The van der Waals surface area contributed by atoms with Crippen molar-refractivity contribution in [1.82, 2.24) is 0 Å². The number of hydrogen-bond donors (Lipinski definition) is 0. The predicted octanol–water partition coefficient (Wildman–Crippen LogP) is 10.6. The molecule has 0 N–H and O–H groups in total. The standard InChI is InChI=1S/C45H54OP2/c1-4-41-34(2)25-28-43-42(41)27-26-35-33-36(29-31-45(35,43)3)46-32-30-44(47(37-17-9-5-10-18-37)38-19-11-6-12-20-38)48(39-21-13-7-14-22-39)40-23-15-8-16-24-40/h5-24,26,34,36,41-44H,4,25,27-33H2,1-3H3/t34?,36-,41+,42-,43-,45-/m0/s1. The summed E-state index contributed by atoms with van der Waals surface area (Å²) in [5.74, 6) is 3.54. The molecule has 6 atom stereocenters. The van der Waals surface area contributed by atoms with E-state index in [0.29, 0.717) is 16.9 Å². The second kappa shape index (κ2) is 15.5. The molecule has 2 saturated carbocycles. The number of benzene rings is 4. The Hall–Kier alpha value is -2.56. The van der Waals surface area contributed by atoms with E-state index in [-0.39, 0.29) is 0 Å². The first kappa shape index (κ1) is 33.9. The van der Waals surface area contributed by atoms with Crippen molar-refractivity contribution in [3.8, 4) is 0 Å². The van der Waals surface area contributed by atoms with Gasteiger partial charge in [-0.2, -0.15) is 0 Å². The fourth-order valence-corrected chi connectivity index (χ4v) is 17.0. The Labute approximate surface area is 293 Å². The van der Waals surface area contributed by atoms with Crippen LogP contribution in [0.2, 0.25) is 0 Å². The van der Waals surface area contributed by atoms with Gasteiger partial charge >= 0.3 is 0 Å². The zero-order valence-corrected chi connectivity index (χ0v) is 31.0. The van der Waals surface area contributed by atoms with Crippen LogP contribution in [0.3, 0.4) is 0 Å². The molecule has 250 valence electrons. The molecule has 3 aliphatic carbocycles. The van der Waals surface area contributed by atoms with Crippen molar-refractivity contribution in [2.45, 2.75) is 83.6 Å². The molecule has 0 heterocycles. The van der Waals surface area contributed by atoms with Gasteiger partial charge in [0.05, 0.1) is 6.10 Å². The van der Waals surface area contributed by atoms with Gasteiger partial charge in [-0.1, -0.05) is 167 Å². The van der Waals surface area contributed by atoms with E-state index in [1.807, 2.05) is 0 Å². The summed E-state index contributed by atoms with van der Waals surface area (Å²) >= 11 is 0. The van der Waals surface area contributed by atoms with Gasteiger partial charge in [0.25, 0.3) is 0 Å². The highest BCUT2D eigenvalue weighted by molar-refractivity contribution is 7.89. The molecule has 1 unspecified atom stereocenters. The maximum atomic E-state index is 7.03. The van der Waals surface area contributed by atoms with E-state index in [1.165, 1.54) is 59.7 Å². The first-order valence-corrected chi connectivity index (χ1v) is 21.5. The van der Waals surface area contributed by atoms with Crippen LogP contribution in [0, 0.1) is 29.1 Å². The molecule has 4 aromatic rings. The minimum atomic E-state index is -0.632. The van der Waals surface area contributed by atoms with Crippen LogP contribution in [0.4, 0.5) is 0 Å². The molecular formula is C45H54OP2. The normalized spacial score (nSPS) is 27.0. The summed E-state index contributed by atoms with van der Waals surface area (Å²) < 4.78 is 7.03. The Morgan fingerprint density at radius 3 is 1.69 bits per heavy atom. The Bertz CT molecular complexity index is 1440. The summed E-state index contributed by atoms with van der Waals surface area (Å²) in [7, 11) is -1.26. The Balaban J connectivity index is 1.17. The van der Waals surface area contributed by atoms with Crippen LogP contribution in [0.5, 0.6) is 0 Å². The van der Waals surface area contributed by atoms with Crippen molar-refractivity contribution < 1.29 is 4.74 Å². The van der Waals surface area contributed by atoms with Crippen molar-refractivity contribution >= 4 is 37.1 Å². The molecule has 0 aromatic heterocycles. The summed E-state index contributed by atoms with van der Waals surface area (Å²) in [6.07, 6.45) is 13.2. The topological polar surface area (TPSA) is 9.23 Å². The number of ether oxygens (including phenoxy) is 1. The van der Waals surface area contributed by atoms with E-state index in [0.717, 1.165) is 43.1 Å². The van der Waals surface area contributed by atoms with Crippen LogP contribution in [0.25, 0.3) is 0 Å². The highest BCUT2D eigenvalue weighted by Gasteiger charge is 2.50. The molecular weight excluding hydrogens is 618 g/mol. The van der Waals surface area contributed by atoms with Crippen LogP contribution in [-0.4, -0.2) is 18.1 Å². The summed E-state index contributed by atoms with van der Waals surface area (Å²) in [5, 5.41) is 6.30. The van der Waals surface area contributed by atoms with Crippen LogP contribution in [0.1, 0.15) is 72.1 Å². The van der Waals surface area contributed by atoms with E-state index in [4.69, 9.17) is 4.74 Å². The highest BCUT2D eigenvalue weighted by Crippen LogP contribution is 2.60. The molecule has 1 nitrogen and oxygen atoms in total. The quantitative estimate of drug-likeness (QED) is 0.114. The molecule has 0 bridgehead atoms. The van der Waals surface area contributed by atoms with Crippen LogP contribution in [-0.2, 0) is 4.74 Å². The Morgan fingerprint density at radius 2 is 1.21 bits per heavy atom. The van der Waals surface area contributed by atoms with Gasteiger partial charge in [-0.25, -0.2) is 0 Å². The molecule has 4 aromatic carbocycles. The molecule has 0 amide bonds. The monoisotopic (exact) mass is 672 g/mol. The van der Waals surface area contributed by atoms with E-state index in [9.17, 15) is 0 Å². The molecule has 7 rings (SSSR count). The highest BCUT2D eigenvalue weighted by atomic mass is 31.2. The molecule has 2 fully saturated rings. The predicted molar refractivity (Wildman–Crippen MR) is 210 cm³/mol. The molecule has 3 aliphatic rings. The minimum absolute atomic E-state index is 0.338. The maximum Gasteiger partial charge on any atom is 0.0612 e. The third kappa shape index (κ3) is 7.04. The zero-order chi connectivity index (χ0) is 32.9. The van der Waals surface area contributed by atoms with Crippen LogP contribution in [0.15, 0.2) is 133 Å². The lowest BCUT2D eigenvalue weighted by Crippen LogP contribution is -2.47. The molecule has 0 saturated heterocycles. The summed E-state index contributed by atoms with van der Waals surface area (Å²) in [4.78, 5) is 0. The van der Waals surface area contributed by atoms with Crippen molar-refractivity contribution in [2.24, 2.45) is 29.1 Å². The van der Waals surface area contributed by atoms with Gasteiger partial charge in [0.2, 0.25) is 0 Å². The average molecular weight is 673 g/mol. The number of hydrogen-bond acceptors (Lipinski definition) is 1. The van der Waals surface area contributed by atoms with Gasteiger partial charge in [-0.15, -0.1) is 0 Å². The second-order valence-corrected chi connectivity index (χ2v) is 20.1. The van der Waals surface area contributed by atoms with E-state index in [2.05, 4.69) is 148 Å². The van der Waals surface area contributed by atoms with Crippen LogP contribution >= 0.6 is 15.8 Å². The van der Waals surface area contributed by atoms with Crippen molar-refractivity contribution in [3.05, 3.63) is 133 Å². The molecule has 48 heavy (non-hydrogen) atoms. The van der Waals surface area contributed by atoms with Crippen molar-refractivity contribution in [2.75, 3.05) is 6.61 Å². The SMILES string of the molecule is CC[C@@H]1C(C)CC[C@H]2[C@H]1CC=C1C[C@@H](OCCC(P(c3ccccc3)c3ccccc3)P(c3ccccc3)c3ccccc3)CC[C@@]12C. The zero-order valence-electron chi connectivity index (χ0n) is 29.3. The third-order valence-corrected chi connectivity index (χ3v) is 18.8. The van der Waals surface area contributed by atoms with Gasteiger partial charge < -0.3 is 4.74 Å². The minimum Gasteiger partial charge on any atom is -0.378 e. The molecule has 0 spiro atoms. The fraction of sp³-hybridized carbons (Fsp3) is 0.422. The lowest BCUT2D eigenvalue weighted by molar-refractivity contribution is -0.0304. The van der Waals surface area contributed by atoms with E-state index >= 15 is 0 Å². The van der Waals surface area contributed by atoms with Gasteiger partial charge in [0.15, 0.2) is 0 Å². The first-order valence-electron chi connectivity index (χ1n) is 18.7. The van der Waals surface area contributed by atoms with Gasteiger partial charge in [-0.3, -0.25) is 0 Å². The summed E-state index contributed by atoms with van der Waals surface area (Å²) in [6, 6.07) is 45.4. The Kier molecular flexibility index (Phi) is 11.0. The summed E-state index contributed by atoms with van der Waals surface area (Å²) in [5.41, 5.74) is 2.11. The maximum absolute atomic E-state index is 7.03. The molecule has 3 heteroatoms. The summed E-state index contributed by atoms with van der Waals surface area (Å²) in [6.45, 7) is 8.40.